The summed E-state index contributed by atoms with van der Waals surface area (Å²) in [6.45, 7) is 49.0. The van der Waals surface area contributed by atoms with Gasteiger partial charge < -0.3 is 58.3 Å². The molecule has 8 aliphatic heterocycles. The van der Waals surface area contributed by atoms with Gasteiger partial charge in [0.15, 0.2) is 34.7 Å². The number of ketones is 6. The summed E-state index contributed by atoms with van der Waals surface area (Å²) >= 11 is 0. The topological polar surface area (TPSA) is 366 Å². The van der Waals surface area contributed by atoms with Gasteiger partial charge in [0, 0.05) is 6.42 Å². The van der Waals surface area contributed by atoms with Crippen molar-refractivity contribution in [2.75, 3.05) is 0 Å². The Hall–Kier alpha value is -9.56. The average molecular weight is 1900 g/mol. The number of aliphatic hydroxyl groups is 4. The predicted octanol–water partition coefficient (Wildman–Crippen LogP) is 18.9. The van der Waals surface area contributed by atoms with Crippen LogP contribution in [0.5, 0.6) is 0 Å². The van der Waals surface area contributed by atoms with E-state index in [2.05, 4.69) is 87.6 Å². The Morgan fingerprint density at radius 1 is 0.416 bits per heavy atom. The van der Waals surface area contributed by atoms with Gasteiger partial charge in [-0.15, -0.1) is 0 Å². The van der Waals surface area contributed by atoms with Crippen LogP contribution in [0, 0.1) is 62.1 Å². The van der Waals surface area contributed by atoms with Crippen LogP contribution in [0.3, 0.4) is 0 Å². The quantitative estimate of drug-likeness (QED) is 0.0205. The summed E-state index contributed by atoms with van der Waals surface area (Å²) in [5, 5.41) is 39.9. The average Bonchev–Trinajstić information content (AvgIpc) is 1.62. The molecule has 9 unspecified atom stereocenters. The molecule has 0 bridgehead atoms. The summed E-state index contributed by atoms with van der Waals surface area (Å²) in [4.78, 5) is 145. The van der Waals surface area contributed by atoms with E-state index in [9.17, 15) is 78.0 Å². The van der Waals surface area contributed by atoms with Gasteiger partial charge >= 0.3 is 35.8 Å². The molecule has 0 amide bonds. The highest BCUT2D eigenvalue weighted by Gasteiger charge is 2.61. The Labute approximate surface area is 812 Å². The largest absolute Gasteiger partial charge is 0.457 e. The van der Waals surface area contributed by atoms with Crippen LogP contribution in [0.2, 0.25) is 0 Å². The van der Waals surface area contributed by atoms with Crippen molar-refractivity contribution in [3.63, 3.8) is 0 Å². The van der Waals surface area contributed by atoms with Crippen LogP contribution in [-0.4, -0.2) is 175 Å². The number of carbonyl (C=O) groups excluding carboxylic acids is 12. The lowest BCUT2D eigenvalue weighted by atomic mass is 9.67. The fourth-order valence-electron chi connectivity index (χ4n) is 21.0. The highest BCUT2D eigenvalue weighted by Crippen LogP contribution is 2.54. The van der Waals surface area contributed by atoms with Gasteiger partial charge in [-0.05, 0) is 316 Å². The second-order valence-corrected chi connectivity index (χ2v) is 43.9. The minimum atomic E-state index is -0.943. The maximum atomic E-state index is 12.5. The normalized spacial score (nSPS) is 34.6. The molecule has 8 heterocycles. The van der Waals surface area contributed by atoms with Crippen molar-refractivity contribution < 1.29 is 116 Å². The lowest BCUT2D eigenvalue weighted by molar-refractivity contribution is -0.141. The molecule has 0 saturated carbocycles. The first-order valence-electron chi connectivity index (χ1n) is 49.2. The summed E-state index contributed by atoms with van der Waals surface area (Å²) in [6.07, 6.45) is 47.1. The van der Waals surface area contributed by atoms with Crippen LogP contribution >= 0.6 is 0 Å². The fraction of sp³-hybridized carbons (Fsp3) is 0.611. The fourth-order valence-corrected chi connectivity index (χ4v) is 21.0. The molecular formula is C113H154O24. The molecule has 24 nitrogen and oxygen atoms in total. The molecule has 137 heavy (non-hydrogen) atoms. The van der Waals surface area contributed by atoms with Gasteiger partial charge in [-0.25, -0.2) is 0 Å². The van der Waals surface area contributed by atoms with E-state index in [0.29, 0.717) is 87.7 Å². The van der Waals surface area contributed by atoms with Crippen LogP contribution in [0.4, 0.5) is 0 Å². The molecule has 24 heteroatoms. The molecular weight excluding hydrogens is 1740 g/mol. The monoisotopic (exact) mass is 1900 g/mol. The third kappa shape index (κ3) is 29.1. The molecule has 750 valence electrons. The van der Waals surface area contributed by atoms with Crippen molar-refractivity contribution in [1.82, 2.24) is 0 Å². The number of epoxide rings is 2. The molecule has 14 aliphatic rings. The molecule has 8 saturated heterocycles. The highest BCUT2D eigenvalue weighted by atomic mass is 16.6. The van der Waals surface area contributed by atoms with E-state index in [-0.39, 0.29) is 150 Å². The lowest BCUT2D eigenvalue weighted by Crippen LogP contribution is -2.43. The zero-order valence-corrected chi connectivity index (χ0v) is 85.0. The summed E-state index contributed by atoms with van der Waals surface area (Å²) in [5.41, 5.74) is 3.77. The Morgan fingerprint density at radius 2 is 0.730 bits per heavy atom. The predicted molar refractivity (Wildman–Crippen MR) is 524 cm³/mol. The second-order valence-electron chi connectivity index (χ2n) is 43.9. The van der Waals surface area contributed by atoms with Crippen molar-refractivity contribution in [1.29, 1.82) is 0 Å². The number of aliphatic hydroxyl groups excluding tert-OH is 3. The van der Waals surface area contributed by atoms with Gasteiger partial charge in [-0.3, -0.25) is 57.5 Å². The smallest absolute Gasteiger partial charge is 0.307 e. The minimum absolute atomic E-state index is 0.000883. The lowest BCUT2D eigenvalue weighted by Gasteiger charge is -2.39. The molecule has 22 atom stereocenters. The van der Waals surface area contributed by atoms with Crippen molar-refractivity contribution in [3.8, 4) is 0 Å². The number of esters is 6. The van der Waals surface area contributed by atoms with E-state index in [1.807, 2.05) is 128 Å². The molecule has 0 aromatic carbocycles. The standard InChI is InChI=1S/2C19H26O4.C19H24O4.C19H26O4.C19H28O3.C18H24O5/c1-12(6-8-15-18(3,4)23-15)9-16-19(11-17(21)22-16)10-13(2)5-7-14(19)20;2*1-12(2)15(20)7-5-13(3)9-17-19(11-18(22)23-17)10-14(4)6-8-16(19)21;1-13(6-5-9-18(3,4)22)10-16-19(12-17(21)23-16)11-14(2)7-8-15(19)20;1-13(2)6-5-7-14(3)10-17-19(12-18(21)22-17)11-15(4)8-9-16(19)20;1-11(4-7-14-17(2,3)23-14)8-15-18(10-16(21)22-15)9-12(19)5-6-13(18)20/h5,7,9,13,15-16H,6,8,10-11H2,1-4H3;6,8-9,14-15,17,20H,1,5,7,10-11H2,2-4H3;6,8-9,14,17H,1,5,7,10-11H2,2-4H3;5,7-10,14,16,22H,6,11-12H2,1-4H3;6,8-10,15-17,20H,5,7,11-12H2,1-4H3;5-6,8,12,14-15,19H,4,7,9-10H2,1-3H3/b12-9+;2*13-9+;9-5+,13-10+;14-10+;11-8+/t13-,15?,16-,19?;14-,15?,17-,19?;14-,17-,19?;14-,16-,19?;15-,16-,17-,19?;12-,14?,15-,18?/m111111/s1. The SMILES string of the molecule is C/C(=C\[C@H]1OC(=O)CC12C[C@H](C)C=CC2=O)C/C=C/C(C)(C)O.C/C(=C\[C@H]1OC(=O)CC12C[C@H](C)C=CC2=O)CCC1OC1(C)C.C/C(=C\[C@H]1OC(=O)CC12C[C@H](O)C=CC2=O)CCC1OC1(C)C.C=C(C)C(=O)CC/C(C)=C/[C@H]1OC(=O)CC12C[C@H](C)C=CC2=O.C=C(C)C(O)CC/C(C)=C/[C@H]1OC(=O)CC12C[C@H](C)C=CC2=O.CC(C)=CCC/C(C)=C/[C@H]1OC(=O)CC12C[C@H](C)C=C[C@H]2O. The number of allylic oxidation sites excluding steroid dienone is 20. The Balaban J connectivity index is 0.000000184. The van der Waals surface area contributed by atoms with Gasteiger partial charge in [0.1, 0.15) is 36.6 Å². The van der Waals surface area contributed by atoms with E-state index < -0.39 is 86.9 Å². The number of hydrogen-bond acceptors (Lipinski definition) is 24. The summed E-state index contributed by atoms with van der Waals surface area (Å²) in [6, 6.07) is 0. The summed E-state index contributed by atoms with van der Waals surface area (Å²) < 4.78 is 44.0. The summed E-state index contributed by atoms with van der Waals surface area (Å²) in [5.74, 6) is -0.500. The molecule has 4 N–H and O–H groups in total. The molecule has 8 fully saturated rings. The first-order valence-corrected chi connectivity index (χ1v) is 49.2. The van der Waals surface area contributed by atoms with Crippen LogP contribution in [0.1, 0.15) is 293 Å². The minimum Gasteiger partial charge on any atom is -0.457 e. The number of cyclic esters (lactones) is 6. The molecule has 14 rings (SSSR count). The Morgan fingerprint density at radius 3 is 1.08 bits per heavy atom. The van der Waals surface area contributed by atoms with Crippen LogP contribution < -0.4 is 0 Å². The first kappa shape index (κ1) is 111. The van der Waals surface area contributed by atoms with Crippen molar-refractivity contribution in [2.45, 2.75) is 377 Å². The van der Waals surface area contributed by atoms with Crippen molar-refractivity contribution >= 4 is 70.5 Å². The summed E-state index contributed by atoms with van der Waals surface area (Å²) in [7, 11) is 0. The highest BCUT2D eigenvalue weighted by molar-refractivity contribution is 6.04. The number of ether oxygens (including phenoxy) is 8. The zero-order valence-electron chi connectivity index (χ0n) is 85.0. The Kier molecular flexibility index (Phi) is 37.5. The first-order chi connectivity index (χ1) is 63.9. The van der Waals surface area contributed by atoms with E-state index in [1.165, 1.54) is 23.3 Å². The number of carbonyl (C=O) groups is 12. The maximum Gasteiger partial charge on any atom is 0.307 e. The van der Waals surface area contributed by atoms with E-state index >= 15 is 0 Å². The van der Waals surface area contributed by atoms with Gasteiger partial charge in [0.25, 0.3) is 0 Å². The third-order valence-electron chi connectivity index (χ3n) is 29.3. The Bertz CT molecular complexity index is 4930. The van der Waals surface area contributed by atoms with E-state index in [0.717, 1.165) is 78.4 Å². The third-order valence-corrected chi connectivity index (χ3v) is 29.3. The van der Waals surface area contributed by atoms with Gasteiger partial charge in [0.05, 0.1) is 118 Å². The van der Waals surface area contributed by atoms with E-state index in [1.54, 1.807) is 58.1 Å². The van der Waals surface area contributed by atoms with Gasteiger partial charge in [-0.1, -0.05) is 153 Å². The van der Waals surface area contributed by atoms with Crippen LogP contribution in [0.25, 0.3) is 0 Å². The van der Waals surface area contributed by atoms with E-state index in [4.69, 9.17) is 37.9 Å². The molecule has 6 aliphatic carbocycles. The van der Waals surface area contributed by atoms with Gasteiger partial charge in [0.2, 0.25) is 0 Å². The molecule has 0 aromatic rings. The second kappa shape index (κ2) is 46.2. The zero-order chi connectivity index (χ0) is 102. The maximum absolute atomic E-state index is 12.5. The van der Waals surface area contributed by atoms with Crippen molar-refractivity contribution in [2.24, 2.45) is 62.1 Å². The number of hydrogen-bond donors (Lipinski definition) is 4. The molecule has 6 spiro atoms. The number of Topliss-reactive ketones (excluding diaryl/α,β-unsaturated/α-hetero) is 1. The molecule has 0 aromatic heterocycles. The van der Waals surface area contributed by atoms with Crippen LogP contribution in [-0.2, 0) is 95.4 Å². The van der Waals surface area contributed by atoms with Crippen molar-refractivity contribution in [3.05, 3.63) is 191 Å². The number of rotatable bonds is 26. The van der Waals surface area contributed by atoms with Crippen LogP contribution in [0.15, 0.2) is 191 Å². The van der Waals surface area contributed by atoms with Gasteiger partial charge in [-0.2, -0.15) is 0 Å². The molecule has 0 radical (unpaired) electrons.